The zero-order valence-electron chi connectivity index (χ0n) is 43.3. The fourth-order valence-electron chi connectivity index (χ4n) is 6.75. The van der Waals surface area contributed by atoms with E-state index in [-0.39, 0.29) is 26.1 Å². The van der Waals surface area contributed by atoms with E-state index in [4.69, 9.17) is 18.5 Å². The summed E-state index contributed by atoms with van der Waals surface area (Å²) in [5.74, 6) is -0.858. The maximum absolute atomic E-state index is 12.7. The number of carbonyl (C=O) groups excluding carboxylic acids is 2. The van der Waals surface area contributed by atoms with Crippen molar-refractivity contribution in [2.45, 2.75) is 206 Å². The van der Waals surface area contributed by atoms with Crippen LogP contribution in [0.3, 0.4) is 0 Å². The van der Waals surface area contributed by atoms with E-state index >= 15 is 0 Å². The van der Waals surface area contributed by atoms with E-state index in [0.717, 1.165) is 109 Å². The lowest BCUT2D eigenvalue weighted by Crippen LogP contribution is -2.37. The zero-order chi connectivity index (χ0) is 49.2. The summed E-state index contributed by atoms with van der Waals surface area (Å²) in [4.78, 5) is 37.7. The minimum Gasteiger partial charge on any atom is -0.756 e. The van der Waals surface area contributed by atoms with E-state index in [9.17, 15) is 19.0 Å². The van der Waals surface area contributed by atoms with Crippen LogP contribution >= 0.6 is 7.82 Å². The predicted molar refractivity (Wildman–Crippen MR) is 282 cm³/mol. The molecule has 0 rings (SSSR count). The average Bonchev–Trinajstić information content (AvgIpc) is 3.29. The number of nitrogens with zero attached hydrogens (tertiary/aromatic N) is 1. The van der Waals surface area contributed by atoms with Gasteiger partial charge in [-0.15, -0.1) is 0 Å². The topological polar surface area (TPSA) is 111 Å². The third-order valence-electron chi connectivity index (χ3n) is 10.8. The Labute approximate surface area is 411 Å². The molecule has 67 heavy (non-hydrogen) atoms. The van der Waals surface area contributed by atoms with E-state index in [1.807, 2.05) is 21.1 Å². The molecule has 0 aromatic rings. The van der Waals surface area contributed by atoms with Crippen molar-refractivity contribution in [2.75, 3.05) is 47.5 Å². The van der Waals surface area contributed by atoms with Gasteiger partial charge in [0.15, 0.2) is 6.10 Å². The van der Waals surface area contributed by atoms with Crippen molar-refractivity contribution in [2.24, 2.45) is 0 Å². The van der Waals surface area contributed by atoms with Gasteiger partial charge in [-0.25, -0.2) is 0 Å². The highest BCUT2D eigenvalue weighted by Crippen LogP contribution is 2.38. The number of phosphoric acid groups is 1. The van der Waals surface area contributed by atoms with E-state index in [0.29, 0.717) is 23.9 Å². The van der Waals surface area contributed by atoms with Gasteiger partial charge in [0.2, 0.25) is 0 Å². The van der Waals surface area contributed by atoms with Crippen molar-refractivity contribution < 1.29 is 42.1 Å². The van der Waals surface area contributed by atoms with Crippen LogP contribution in [0.4, 0.5) is 0 Å². The molecule has 2 unspecified atom stereocenters. The van der Waals surface area contributed by atoms with Crippen LogP contribution in [0.1, 0.15) is 200 Å². The second-order valence-electron chi connectivity index (χ2n) is 18.5. The van der Waals surface area contributed by atoms with Gasteiger partial charge in [-0.3, -0.25) is 14.2 Å². The number of likely N-dealkylation sites (N-methyl/N-ethyl adjacent to an activating group) is 1. The number of hydrogen-bond acceptors (Lipinski definition) is 8. The molecule has 0 spiro atoms. The Morgan fingerprint density at radius 3 is 1.28 bits per heavy atom. The lowest BCUT2D eigenvalue weighted by molar-refractivity contribution is -0.870. The van der Waals surface area contributed by atoms with Crippen LogP contribution < -0.4 is 4.89 Å². The number of hydrogen-bond donors (Lipinski definition) is 0. The van der Waals surface area contributed by atoms with Crippen molar-refractivity contribution >= 4 is 19.8 Å². The smallest absolute Gasteiger partial charge is 0.306 e. The van der Waals surface area contributed by atoms with Crippen LogP contribution in [0, 0.1) is 0 Å². The molecule has 0 aliphatic rings. The maximum atomic E-state index is 12.7. The van der Waals surface area contributed by atoms with Gasteiger partial charge in [0.1, 0.15) is 19.8 Å². The average molecular weight is 956 g/mol. The van der Waals surface area contributed by atoms with Crippen molar-refractivity contribution in [3.8, 4) is 0 Å². The number of ether oxygens (including phenoxy) is 2. The van der Waals surface area contributed by atoms with Gasteiger partial charge < -0.3 is 27.9 Å². The molecule has 0 bridgehead atoms. The number of quaternary nitrogens is 1. The Balaban J connectivity index is 4.18. The molecule has 10 heteroatoms. The summed E-state index contributed by atoms with van der Waals surface area (Å²) >= 11 is 0. The molecule has 2 atom stereocenters. The van der Waals surface area contributed by atoms with Crippen LogP contribution in [0.2, 0.25) is 0 Å². The van der Waals surface area contributed by atoms with Crippen LogP contribution in [0.15, 0.2) is 97.2 Å². The van der Waals surface area contributed by atoms with Gasteiger partial charge in [0.25, 0.3) is 7.82 Å². The van der Waals surface area contributed by atoms with E-state index in [2.05, 4.69) is 111 Å². The quantitative estimate of drug-likeness (QED) is 0.0195. The molecule has 0 aliphatic heterocycles. The molecule has 0 aromatic heterocycles. The molecule has 0 heterocycles. The van der Waals surface area contributed by atoms with E-state index < -0.39 is 32.5 Å². The monoisotopic (exact) mass is 956 g/mol. The fraction of sp³-hybridized carbons (Fsp3) is 0.684. The SMILES string of the molecule is CC/C=C\C/C=C\C/C=C\C/C=C\C/C=C\C/C=C\C/C=C\CCCCCCCCCCCC(=O)OC(COC(=O)CCCCCCC/C=C\CCCCC)COP(=O)([O-])OCC[N+](C)(C)C. The van der Waals surface area contributed by atoms with Crippen LogP contribution in [0.25, 0.3) is 0 Å². The number of carbonyl (C=O) groups is 2. The number of phosphoric ester groups is 1. The molecule has 0 saturated carbocycles. The summed E-state index contributed by atoms with van der Waals surface area (Å²) in [7, 11) is 1.14. The van der Waals surface area contributed by atoms with Gasteiger partial charge >= 0.3 is 11.9 Å². The lowest BCUT2D eigenvalue weighted by atomic mass is 10.1. The molecule has 0 saturated heterocycles. The Hall–Kier alpha value is -3.07. The predicted octanol–water partition coefficient (Wildman–Crippen LogP) is 15.5. The molecule has 0 aliphatic carbocycles. The Morgan fingerprint density at radius 1 is 0.478 bits per heavy atom. The summed E-state index contributed by atoms with van der Waals surface area (Å²) in [5.41, 5.74) is 0. The molecule has 384 valence electrons. The Kier molecular flexibility index (Phi) is 45.8. The molecule has 0 amide bonds. The van der Waals surface area contributed by atoms with Gasteiger partial charge in [0, 0.05) is 12.8 Å². The molecule has 0 fully saturated rings. The summed E-state index contributed by atoms with van der Waals surface area (Å²) in [5, 5.41) is 0. The largest absolute Gasteiger partial charge is 0.756 e. The zero-order valence-corrected chi connectivity index (χ0v) is 44.2. The summed E-state index contributed by atoms with van der Waals surface area (Å²) in [6.45, 7) is 4.06. The normalized spacial score (nSPS) is 14.2. The third-order valence-corrected chi connectivity index (χ3v) is 11.8. The number of unbranched alkanes of at least 4 members (excludes halogenated alkanes) is 17. The highest BCUT2D eigenvalue weighted by Gasteiger charge is 2.21. The van der Waals surface area contributed by atoms with Gasteiger partial charge in [0.05, 0.1) is 27.7 Å². The van der Waals surface area contributed by atoms with Crippen LogP contribution in [-0.2, 0) is 32.7 Å². The van der Waals surface area contributed by atoms with Crippen molar-refractivity contribution in [1.82, 2.24) is 0 Å². The fourth-order valence-corrected chi connectivity index (χ4v) is 7.48. The minimum atomic E-state index is -4.64. The summed E-state index contributed by atoms with van der Waals surface area (Å²) in [6.07, 6.45) is 64.5. The van der Waals surface area contributed by atoms with Gasteiger partial charge in [-0.1, -0.05) is 188 Å². The third kappa shape index (κ3) is 52.2. The first-order valence-electron chi connectivity index (χ1n) is 26.4. The first-order chi connectivity index (χ1) is 32.5. The van der Waals surface area contributed by atoms with E-state index in [1.165, 1.54) is 51.4 Å². The summed E-state index contributed by atoms with van der Waals surface area (Å²) in [6, 6.07) is 0. The van der Waals surface area contributed by atoms with Gasteiger partial charge in [-0.05, 0) is 96.3 Å². The second kappa shape index (κ2) is 48.0. The Morgan fingerprint density at radius 2 is 0.851 bits per heavy atom. The first-order valence-corrected chi connectivity index (χ1v) is 27.9. The number of allylic oxidation sites excluding steroid dienone is 16. The standard InChI is InChI=1S/C57H98NO8P/c1-6-8-10-12-14-16-18-20-21-22-23-24-25-26-27-28-29-30-31-32-33-34-35-36-37-38-40-42-44-46-48-50-57(60)66-55(54-65-67(61,62)64-52-51-58(3,4)5)53-63-56(59)49-47-45-43-41-39-19-17-15-13-11-9-7-2/h8,10,14-17,20-21,23-24,26-27,29-30,32-33,55H,6-7,9,11-13,18-19,22,25,28,31,34-54H2,1-5H3/b10-8-,16-14-,17-15-,21-20-,24-23-,27-26-,30-29-,33-32-. The van der Waals surface area contributed by atoms with E-state index in [1.54, 1.807) is 0 Å². The highest BCUT2D eigenvalue weighted by molar-refractivity contribution is 7.45. The van der Waals surface area contributed by atoms with Crippen LogP contribution in [0.5, 0.6) is 0 Å². The molecule has 0 radical (unpaired) electrons. The maximum Gasteiger partial charge on any atom is 0.306 e. The Bertz CT molecular complexity index is 1450. The van der Waals surface area contributed by atoms with Crippen molar-refractivity contribution in [3.63, 3.8) is 0 Å². The first kappa shape index (κ1) is 63.9. The number of esters is 2. The lowest BCUT2D eigenvalue weighted by Gasteiger charge is -2.28. The molecule has 0 aromatic carbocycles. The highest BCUT2D eigenvalue weighted by atomic mass is 31.2. The summed E-state index contributed by atoms with van der Waals surface area (Å²) < 4.78 is 34.0. The number of rotatable bonds is 47. The van der Waals surface area contributed by atoms with Crippen molar-refractivity contribution in [1.29, 1.82) is 0 Å². The molecular weight excluding hydrogens is 858 g/mol. The van der Waals surface area contributed by atoms with Gasteiger partial charge in [-0.2, -0.15) is 0 Å². The minimum absolute atomic E-state index is 0.0378. The van der Waals surface area contributed by atoms with Crippen molar-refractivity contribution in [3.05, 3.63) is 97.2 Å². The second-order valence-corrected chi connectivity index (χ2v) is 19.9. The molecule has 9 nitrogen and oxygen atoms in total. The molecule has 0 N–H and O–H groups in total. The van der Waals surface area contributed by atoms with Crippen LogP contribution in [-0.4, -0.2) is 70.0 Å². The molecular formula is C57H98NO8P.